The molecule has 1 fully saturated rings. The largest absolute Gasteiger partial charge is 0.384 e. The Kier molecular flexibility index (Phi) is 2.52. The number of hydrogen-bond acceptors (Lipinski definition) is 4. The minimum atomic E-state index is 0.551. The molecule has 0 aliphatic carbocycles. The maximum Gasteiger partial charge on any atom is 0.134 e. The number of nitrogens with two attached hydrogens (primary N) is 1. The average Bonchev–Trinajstić information content (AvgIpc) is 2.66. The van der Waals surface area contributed by atoms with Crippen LogP contribution in [0.15, 0.2) is 12.4 Å². The second-order valence-corrected chi connectivity index (χ2v) is 3.81. The molecule has 0 spiro atoms. The molecular weight excluding hydrogens is 176 g/mol. The number of nitrogens with zero attached hydrogens (tertiary/aromatic N) is 3. The first-order valence-electron chi connectivity index (χ1n) is 5.12. The third-order valence-electron chi connectivity index (χ3n) is 2.86. The Hall–Kier alpha value is -1.32. The van der Waals surface area contributed by atoms with Gasteiger partial charge >= 0.3 is 0 Å². The highest BCUT2D eigenvalue weighted by atomic mass is 15.2. The molecule has 1 aliphatic rings. The molecule has 4 nitrogen and oxygen atoms in total. The van der Waals surface area contributed by atoms with Crippen LogP contribution in [0.4, 0.5) is 11.6 Å². The summed E-state index contributed by atoms with van der Waals surface area (Å²) < 4.78 is 0. The maximum atomic E-state index is 5.62. The molecule has 1 aromatic rings. The van der Waals surface area contributed by atoms with Crippen molar-refractivity contribution in [1.29, 1.82) is 0 Å². The van der Waals surface area contributed by atoms with Crippen LogP contribution in [0.2, 0.25) is 0 Å². The van der Waals surface area contributed by atoms with Crippen LogP contribution in [0.1, 0.15) is 19.8 Å². The molecule has 1 aliphatic heterocycles. The molecule has 1 unspecified atom stereocenters. The van der Waals surface area contributed by atoms with Gasteiger partial charge in [-0.2, -0.15) is 0 Å². The molecule has 2 N–H and O–H groups in total. The predicted octanol–water partition coefficient (Wildman–Crippen LogP) is 1.30. The zero-order valence-electron chi connectivity index (χ0n) is 8.48. The molecule has 1 saturated heterocycles. The molecule has 0 aromatic carbocycles. The van der Waals surface area contributed by atoms with Crippen molar-refractivity contribution in [3.8, 4) is 0 Å². The van der Waals surface area contributed by atoms with Gasteiger partial charge in [-0.15, -0.1) is 0 Å². The summed E-state index contributed by atoms with van der Waals surface area (Å²) in [7, 11) is 0. The monoisotopic (exact) mass is 192 g/mol. The van der Waals surface area contributed by atoms with E-state index in [0.717, 1.165) is 24.8 Å². The third-order valence-corrected chi connectivity index (χ3v) is 2.86. The Morgan fingerprint density at radius 2 is 2.43 bits per heavy atom. The van der Waals surface area contributed by atoms with Gasteiger partial charge in [-0.05, 0) is 12.3 Å². The first-order chi connectivity index (χ1) is 6.79. The van der Waals surface area contributed by atoms with Crippen LogP contribution in [-0.2, 0) is 0 Å². The molecule has 4 heteroatoms. The van der Waals surface area contributed by atoms with Crippen molar-refractivity contribution in [2.24, 2.45) is 5.92 Å². The van der Waals surface area contributed by atoms with Crippen LogP contribution in [0.3, 0.4) is 0 Å². The van der Waals surface area contributed by atoms with Crippen molar-refractivity contribution >= 4 is 11.6 Å². The maximum absolute atomic E-state index is 5.62. The van der Waals surface area contributed by atoms with E-state index in [1.807, 2.05) is 6.07 Å². The topological polar surface area (TPSA) is 55.0 Å². The van der Waals surface area contributed by atoms with Crippen LogP contribution in [-0.4, -0.2) is 23.1 Å². The summed E-state index contributed by atoms with van der Waals surface area (Å²) in [6.45, 7) is 4.43. The van der Waals surface area contributed by atoms with Gasteiger partial charge in [-0.1, -0.05) is 13.3 Å². The van der Waals surface area contributed by atoms with Gasteiger partial charge in [-0.3, -0.25) is 0 Å². The number of nitrogen functional groups attached to an aromatic ring is 1. The number of anilines is 2. The van der Waals surface area contributed by atoms with Crippen molar-refractivity contribution in [2.75, 3.05) is 23.7 Å². The van der Waals surface area contributed by atoms with E-state index >= 15 is 0 Å². The standard InChI is InChI=1S/C10H16N4/c1-2-8-3-4-14(6-8)10-5-9(11)12-7-13-10/h5,7-8H,2-4,6H2,1H3,(H2,11,12,13). The van der Waals surface area contributed by atoms with Gasteiger partial charge in [0.1, 0.15) is 18.0 Å². The SMILES string of the molecule is CCC1CCN(c2cc(N)ncn2)C1. The van der Waals surface area contributed by atoms with Crippen molar-refractivity contribution in [2.45, 2.75) is 19.8 Å². The lowest BCUT2D eigenvalue weighted by Crippen LogP contribution is -2.20. The predicted molar refractivity (Wildman–Crippen MR) is 57.1 cm³/mol. The zero-order chi connectivity index (χ0) is 9.97. The molecule has 76 valence electrons. The van der Waals surface area contributed by atoms with Crippen LogP contribution >= 0.6 is 0 Å². The normalized spacial score (nSPS) is 21.5. The Balaban J connectivity index is 2.09. The number of aromatic nitrogens is 2. The Bertz CT molecular complexity index is 313. The number of hydrogen-bond donors (Lipinski definition) is 1. The first kappa shape index (κ1) is 9.24. The molecule has 2 rings (SSSR count). The van der Waals surface area contributed by atoms with Gasteiger partial charge in [0.25, 0.3) is 0 Å². The van der Waals surface area contributed by atoms with Gasteiger partial charge in [0.2, 0.25) is 0 Å². The molecule has 0 bridgehead atoms. The Morgan fingerprint density at radius 1 is 1.57 bits per heavy atom. The second kappa shape index (κ2) is 3.82. The van der Waals surface area contributed by atoms with E-state index in [2.05, 4.69) is 21.8 Å². The quantitative estimate of drug-likeness (QED) is 0.767. The summed E-state index contributed by atoms with van der Waals surface area (Å²) in [5, 5.41) is 0. The average molecular weight is 192 g/mol. The highest BCUT2D eigenvalue weighted by molar-refractivity contribution is 5.46. The summed E-state index contributed by atoms with van der Waals surface area (Å²) >= 11 is 0. The molecular formula is C10H16N4. The van der Waals surface area contributed by atoms with Crippen molar-refractivity contribution in [3.05, 3.63) is 12.4 Å². The van der Waals surface area contributed by atoms with E-state index in [0.29, 0.717) is 5.82 Å². The van der Waals surface area contributed by atoms with E-state index < -0.39 is 0 Å². The van der Waals surface area contributed by atoms with Gasteiger partial charge in [0, 0.05) is 19.2 Å². The molecule has 14 heavy (non-hydrogen) atoms. The minimum absolute atomic E-state index is 0.551. The lowest BCUT2D eigenvalue weighted by atomic mass is 10.1. The van der Waals surface area contributed by atoms with E-state index in [4.69, 9.17) is 5.73 Å². The molecule has 2 heterocycles. The van der Waals surface area contributed by atoms with Gasteiger partial charge in [0.05, 0.1) is 0 Å². The first-order valence-corrected chi connectivity index (χ1v) is 5.12. The summed E-state index contributed by atoms with van der Waals surface area (Å²) in [5.74, 6) is 2.33. The fourth-order valence-corrected chi connectivity index (χ4v) is 1.91. The second-order valence-electron chi connectivity index (χ2n) is 3.81. The number of rotatable bonds is 2. The third kappa shape index (κ3) is 1.78. The van der Waals surface area contributed by atoms with E-state index in [-0.39, 0.29) is 0 Å². The Labute approximate surface area is 84.2 Å². The highest BCUT2D eigenvalue weighted by Gasteiger charge is 2.21. The highest BCUT2D eigenvalue weighted by Crippen LogP contribution is 2.24. The minimum Gasteiger partial charge on any atom is -0.384 e. The summed E-state index contributed by atoms with van der Waals surface area (Å²) in [5.41, 5.74) is 5.62. The van der Waals surface area contributed by atoms with E-state index in [1.165, 1.54) is 19.2 Å². The molecule has 1 atom stereocenters. The lowest BCUT2D eigenvalue weighted by Gasteiger charge is -2.16. The lowest BCUT2D eigenvalue weighted by molar-refractivity contribution is 0.568. The molecule has 1 aromatic heterocycles. The Morgan fingerprint density at radius 3 is 3.07 bits per heavy atom. The molecule has 0 amide bonds. The molecule has 0 saturated carbocycles. The van der Waals surface area contributed by atoms with Crippen LogP contribution in [0.25, 0.3) is 0 Å². The fraction of sp³-hybridized carbons (Fsp3) is 0.600. The van der Waals surface area contributed by atoms with Gasteiger partial charge in [0.15, 0.2) is 0 Å². The molecule has 0 radical (unpaired) electrons. The summed E-state index contributed by atoms with van der Waals surface area (Å²) in [6, 6.07) is 1.85. The summed E-state index contributed by atoms with van der Waals surface area (Å²) in [4.78, 5) is 10.4. The fourth-order valence-electron chi connectivity index (χ4n) is 1.91. The van der Waals surface area contributed by atoms with Crippen molar-refractivity contribution in [3.63, 3.8) is 0 Å². The van der Waals surface area contributed by atoms with Gasteiger partial charge in [-0.25, -0.2) is 9.97 Å². The van der Waals surface area contributed by atoms with E-state index in [1.54, 1.807) is 0 Å². The zero-order valence-corrected chi connectivity index (χ0v) is 8.48. The van der Waals surface area contributed by atoms with Crippen LogP contribution < -0.4 is 10.6 Å². The van der Waals surface area contributed by atoms with Gasteiger partial charge < -0.3 is 10.6 Å². The smallest absolute Gasteiger partial charge is 0.134 e. The van der Waals surface area contributed by atoms with E-state index in [9.17, 15) is 0 Å². The van der Waals surface area contributed by atoms with Crippen LogP contribution in [0, 0.1) is 5.92 Å². The van der Waals surface area contributed by atoms with Crippen LogP contribution in [0.5, 0.6) is 0 Å². The van der Waals surface area contributed by atoms with Crippen molar-refractivity contribution < 1.29 is 0 Å². The van der Waals surface area contributed by atoms with Crippen molar-refractivity contribution in [1.82, 2.24) is 9.97 Å². The summed E-state index contributed by atoms with van der Waals surface area (Å²) in [6.07, 6.45) is 4.04.